The highest BCUT2D eigenvalue weighted by Gasteiger charge is 2.09. The van der Waals surface area contributed by atoms with Crippen LogP contribution >= 0.6 is 11.3 Å². The molecule has 0 aliphatic heterocycles. The number of benzene rings is 1. The second-order valence-corrected chi connectivity index (χ2v) is 7.77. The van der Waals surface area contributed by atoms with Crippen LogP contribution in [0, 0.1) is 0 Å². The van der Waals surface area contributed by atoms with Gasteiger partial charge in [-0.3, -0.25) is 14.0 Å². The van der Waals surface area contributed by atoms with Crippen LogP contribution in [0.2, 0.25) is 0 Å². The highest BCUT2D eigenvalue weighted by atomic mass is 32.1. The molecule has 0 bridgehead atoms. The summed E-state index contributed by atoms with van der Waals surface area (Å²) in [5.41, 5.74) is 2.52. The van der Waals surface area contributed by atoms with Crippen molar-refractivity contribution in [1.29, 1.82) is 0 Å². The van der Waals surface area contributed by atoms with Crippen molar-refractivity contribution in [2.24, 2.45) is 0 Å². The molecule has 0 atom stereocenters. The first-order valence-electron chi connectivity index (χ1n) is 9.83. The van der Waals surface area contributed by atoms with Gasteiger partial charge in [-0.05, 0) is 47.7 Å². The molecule has 0 radical (unpaired) electrons. The molecule has 4 rings (SSSR count). The summed E-state index contributed by atoms with van der Waals surface area (Å²) >= 11 is 1.47. The number of hydrogen-bond donors (Lipinski definition) is 2. The number of pyridine rings is 1. The summed E-state index contributed by atoms with van der Waals surface area (Å²) in [6.45, 7) is 0.734. The summed E-state index contributed by atoms with van der Waals surface area (Å²) < 4.78 is 2.88. The molecule has 0 aliphatic carbocycles. The third kappa shape index (κ3) is 5.07. The van der Waals surface area contributed by atoms with Crippen LogP contribution in [0.4, 0.5) is 5.69 Å². The molecule has 0 fully saturated rings. The smallest absolute Gasteiger partial charge is 0.350 e. The molecular weight excluding hydrogens is 414 g/mol. The molecule has 0 aliphatic rings. The summed E-state index contributed by atoms with van der Waals surface area (Å²) in [4.78, 5) is 36.5. The Bertz CT molecular complexity index is 1260. The summed E-state index contributed by atoms with van der Waals surface area (Å²) in [6.07, 6.45) is 2.51. The molecule has 31 heavy (non-hydrogen) atoms. The molecule has 2 amide bonds. The van der Waals surface area contributed by atoms with Crippen LogP contribution < -0.4 is 16.3 Å². The number of carbonyl (C=O) groups excluding carboxylic acids is 2. The summed E-state index contributed by atoms with van der Waals surface area (Å²) in [7, 11) is 0. The van der Waals surface area contributed by atoms with Gasteiger partial charge >= 0.3 is 5.69 Å². The fourth-order valence-electron chi connectivity index (χ4n) is 3.16. The zero-order chi connectivity index (χ0) is 21.6. The summed E-state index contributed by atoms with van der Waals surface area (Å²) in [6, 6.07) is 14.5. The van der Waals surface area contributed by atoms with Crippen molar-refractivity contribution in [2.75, 3.05) is 11.9 Å². The molecule has 1 aromatic carbocycles. The SMILES string of the molecule is O=C(CCCNC(=O)c1ccsc1)Nc1cccc(Cn2nc3ccccn3c2=O)c1. The maximum atomic E-state index is 12.4. The minimum Gasteiger partial charge on any atom is -0.352 e. The first kappa shape index (κ1) is 20.5. The van der Waals surface area contributed by atoms with E-state index in [2.05, 4.69) is 15.7 Å². The maximum Gasteiger partial charge on any atom is 0.350 e. The van der Waals surface area contributed by atoms with E-state index < -0.39 is 0 Å². The maximum absolute atomic E-state index is 12.4. The quantitative estimate of drug-likeness (QED) is 0.416. The largest absolute Gasteiger partial charge is 0.352 e. The minimum absolute atomic E-state index is 0.128. The van der Waals surface area contributed by atoms with Crippen molar-refractivity contribution in [3.05, 3.63) is 87.1 Å². The minimum atomic E-state index is -0.213. The van der Waals surface area contributed by atoms with Gasteiger partial charge in [-0.1, -0.05) is 18.2 Å². The molecule has 0 saturated heterocycles. The Labute approximate surface area is 182 Å². The zero-order valence-electron chi connectivity index (χ0n) is 16.7. The number of nitrogens with one attached hydrogen (secondary N) is 2. The Hall–Kier alpha value is -3.72. The molecule has 3 heterocycles. The van der Waals surface area contributed by atoms with Crippen LogP contribution in [0.1, 0.15) is 28.8 Å². The van der Waals surface area contributed by atoms with Crippen LogP contribution in [0.5, 0.6) is 0 Å². The van der Waals surface area contributed by atoms with Gasteiger partial charge < -0.3 is 10.6 Å². The van der Waals surface area contributed by atoms with E-state index >= 15 is 0 Å². The first-order valence-corrected chi connectivity index (χ1v) is 10.8. The average Bonchev–Trinajstić information content (AvgIpc) is 3.41. The lowest BCUT2D eigenvalue weighted by Crippen LogP contribution is -2.25. The predicted molar refractivity (Wildman–Crippen MR) is 120 cm³/mol. The number of fused-ring (bicyclic) bond motifs is 1. The van der Waals surface area contributed by atoms with Gasteiger partial charge in [-0.25, -0.2) is 9.48 Å². The van der Waals surface area contributed by atoms with E-state index in [1.807, 2.05) is 29.6 Å². The van der Waals surface area contributed by atoms with E-state index in [0.29, 0.717) is 42.8 Å². The first-order chi connectivity index (χ1) is 15.1. The summed E-state index contributed by atoms with van der Waals surface area (Å²) in [5.74, 6) is -0.261. The van der Waals surface area contributed by atoms with Crippen molar-refractivity contribution in [2.45, 2.75) is 19.4 Å². The third-order valence-electron chi connectivity index (χ3n) is 4.68. The average molecular weight is 436 g/mol. The van der Waals surface area contributed by atoms with Gasteiger partial charge in [-0.15, -0.1) is 5.10 Å². The molecule has 4 aromatic rings. The molecule has 8 nitrogen and oxygen atoms in total. The fraction of sp³-hybridized carbons (Fsp3) is 0.182. The number of carbonyl (C=O) groups is 2. The molecule has 0 unspecified atom stereocenters. The van der Waals surface area contributed by atoms with Gasteiger partial charge in [0.15, 0.2) is 5.65 Å². The lowest BCUT2D eigenvalue weighted by Gasteiger charge is -2.08. The number of amides is 2. The summed E-state index contributed by atoms with van der Waals surface area (Å²) in [5, 5.41) is 13.6. The normalized spacial score (nSPS) is 10.8. The van der Waals surface area contributed by atoms with Crippen molar-refractivity contribution < 1.29 is 9.59 Å². The van der Waals surface area contributed by atoms with Crippen molar-refractivity contribution >= 4 is 34.5 Å². The van der Waals surface area contributed by atoms with E-state index in [1.165, 1.54) is 20.4 Å². The number of aromatic nitrogens is 3. The molecule has 3 aromatic heterocycles. The van der Waals surface area contributed by atoms with Crippen molar-refractivity contribution in [1.82, 2.24) is 19.5 Å². The molecule has 0 spiro atoms. The third-order valence-corrected chi connectivity index (χ3v) is 5.36. The monoisotopic (exact) mass is 435 g/mol. The lowest BCUT2D eigenvalue weighted by molar-refractivity contribution is -0.116. The van der Waals surface area contributed by atoms with Gasteiger partial charge in [0.05, 0.1) is 6.54 Å². The van der Waals surface area contributed by atoms with Gasteiger partial charge in [0.25, 0.3) is 5.91 Å². The Morgan fingerprint density at radius 3 is 2.81 bits per heavy atom. The number of thiophene rings is 1. The second kappa shape index (κ2) is 9.40. The van der Waals surface area contributed by atoms with Crippen molar-refractivity contribution in [3.8, 4) is 0 Å². The zero-order valence-corrected chi connectivity index (χ0v) is 17.5. The molecule has 158 valence electrons. The molecule has 0 saturated carbocycles. The highest BCUT2D eigenvalue weighted by Crippen LogP contribution is 2.12. The van der Waals surface area contributed by atoms with Gasteiger partial charge in [0.2, 0.25) is 5.91 Å². The Morgan fingerprint density at radius 1 is 1.10 bits per heavy atom. The van der Waals surface area contributed by atoms with Gasteiger partial charge in [0.1, 0.15) is 0 Å². The van der Waals surface area contributed by atoms with Crippen LogP contribution in [0.15, 0.2) is 70.3 Å². The number of anilines is 1. The number of rotatable bonds is 8. The van der Waals surface area contributed by atoms with E-state index in [4.69, 9.17) is 0 Å². The predicted octanol–water partition coefficient (Wildman–Crippen LogP) is 2.75. The van der Waals surface area contributed by atoms with Crippen LogP contribution in [-0.4, -0.2) is 32.5 Å². The van der Waals surface area contributed by atoms with E-state index in [9.17, 15) is 14.4 Å². The molecular formula is C22H21N5O3S. The Morgan fingerprint density at radius 2 is 2.00 bits per heavy atom. The second-order valence-electron chi connectivity index (χ2n) is 6.99. The Kier molecular flexibility index (Phi) is 6.23. The number of hydrogen-bond acceptors (Lipinski definition) is 5. The van der Waals surface area contributed by atoms with Gasteiger partial charge in [-0.2, -0.15) is 11.3 Å². The van der Waals surface area contributed by atoms with Gasteiger partial charge in [0, 0.05) is 35.8 Å². The lowest BCUT2D eigenvalue weighted by atomic mass is 10.2. The van der Waals surface area contributed by atoms with Crippen LogP contribution in [0.25, 0.3) is 5.65 Å². The Balaban J connectivity index is 1.29. The van der Waals surface area contributed by atoms with Crippen LogP contribution in [0.3, 0.4) is 0 Å². The topological polar surface area (TPSA) is 97.5 Å². The van der Waals surface area contributed by atoms with E-state index in [-0.39, 0.29) is 17.5 Å². The van der Waals surface area contributed by atoms with Crippen molar-refractivity contribution in [3.63, 3.8) is 0 Å². The standard InChI is InChI=1S/C22H21N5O3S/c28-20(8-4-10-23-21(29)17-9-12-31-15-17)24-18-6-3-5-16(13-18)14-27-22(30)26-11-2-1-7-19(26)25-27/h1-3,5-7,9,11-13,15H,4,8,10,14H2,(H,23,29)(H,24,28). The van der Waals surface area contributed by atoms with E-state index in [0.717, 1.165) is 5.56 Å². The van der Waals surface area contributed by atoms with Crippen LogP contribution in [-0.2, 0) is 11.3 Å². The fourth-order valence-corrected chi connectivity index (χ4v) is 3.80. The molecule has 2 N–H and O–H groups in total. The highest BCUT2D eigenvalue weighted by molar-refractivity contribution is 7.08. The number of nitrogens with zero attached hydrogens (tertiary/aromatic N) is 3. The molecule has 9 heteroatoms. The van der Waals surface area contributed by atoms with E-state index in [1.54, 1.807) is 35.8 Å².